The van der Waals surface area contributed by atoms with Gasteiger partial charge in [0.05, 0.1) is 12.3 Å². The number of para-hydroxylation sites is 2. The Bertz CT molecular complexity index is 401. The molecule has 0 saturated heterocycles. The van der Waals surface area contributed by atoms with Crippen molar-refractivity contribution < 1.29 is 14.3 Å². The molecule has 17 heavy (non-hydrogen) atoms. The molecule has 0 heterocycles. The number of benzene rings is 1. The summed E-state index contributed by atoms with van der Waals surface area (Å²) in [7, 11) is 0. The van der Waals surface area contributed by atoms with Crippen LogP contribution in [0.5, 0.6) is 5.75 Å². The average Bonchev–Trinajstić information content (AvgIpc) is 2.25. The third-order valence-corrected chi connectivity index (χ3v) is 2.13. The maximum absolute atomic E-state index is 11.0. The van der Waals surface area contributed by atoms with Gasteiger partial charge in [-0.2, -0.15) is 0 Å². The second-order valence-corrected chi connectivity index (χ2v) is 3.83. The van der Waals surface area contributed by atoms with Crippen molar-refractivity contribution in [3.8, 4) is 5.75 Å². The molecule has 0 atom stereocenters. The molecule has 0 spiro atoms. The van der Waals surface area contributed by atoms with Crippen molar-refractivity contribution in [1.29, 1.82) is 0 Å². The molecular formula is C13H17NO3. The Morgan fingerprint density at radius 1 is 1.24 bits per heavy atom. The minimum Gasteiger partial charge on any atom is -0.491 e. The van der Waals surface area contributed by atoms with Gasteiger partial charge in [0.1, 0.15) is 11.5 Å². The summed E-state index contributed by atoms with van der Waals surface area (Å²) in [6.07, 6.45) is 1.20. The number of anilines is 1. The number of hydrogen-bond acceptors (Lipinski definition) is 3. The summed E-state index contributed by atoms with van der Waals surface area (Å²) in [5.74, 6) is 0.653. The molecule has 1 amide bonds. The van der Waals surface area contributed by atoms with Crippen LogP contribution in [0, 0.1) is 0 Å². The molecule has 0 bridgehead atoms. The molecule has 1 aromatic carbocycles. The first-order chi connectivity index (χ1) is 8.09. The van der Waals surface area contributed by atoms with E-state index in [9.17, 15) is 9.59 Å². The topological polar surface area (TPSA) is 55.4 Å². The van der Waals surface area contributed by atoms with Gasteiger partial charge in [0, 0.05) is 13.3 Å². The summed E-state index contributed by atoms with van der Waals surface area (Å²) in [5.41, 5.74) is 0.655. The number of carbonyl (C=O) groups is 2. The van der Waals surface area contributed by atoms with Crippen molar-refractivity contribution in [3.63, 3.8) is 0 Å². The minimum absolute atomic E-state index is 0.134. The highest BCUT2D eigenvalue weighted by atomic mass is 16.5. The fourth-order valence-electron chi connectivity index (χ4n) is 1.39. The number of carbonyl (C=O) groups excluding carboxylic acids is 2. The van der Waals surface area contributed by atoms with E-state index in [1.807, 2.05) is 12.1 Å². The Morgan fingerprint density at radius 3 is 2.59 bits per heavy atom. The van der Waals surface area contributed by atoms with E-state index >= 15 is 0 Å². The van der Waals surface area contributed by atoms with Crippen LogP contribution in [0.4, 0.5) is 5.69 Å². The van der Waals surface area contributed by atoms with Crippen molar-refractivity contribution >= 4 is 17.4 Å². The molecule has 92 valence electrons. The lowest BCUT2D eigenvalue weighted by atomic mass is 10.2. The smallest absolute Gasteiger partial charge is 0.221 e. The van der Waals surface area contributed by atoms with E-state index in [2.05, 4.69) is 5.32 Å². The van der Waals surface area contributed by atoms with Crippen LogP contribution >= 0.6 is 0 Å². The number of Topliss-reactive ketones (excluding diaryl/α,β-unsaturated/α-hetero) is 1. The monoisotopic (exact) mass is 235 g/mol. The zero-order chi connectivity index (χ0) is 12.7. The van der Waals surface area contributed by atoms with Gasteiger partial charge in [-0.05, 0) is 25.5 Å². The van der Waals surface area contributed by atoms with E-state index < -0.39 is 0 Å². The molecule has 1 rings (SSSR count). The Morgan fingerprint density at radius 2 is 1.94 bits per heavy atom. The lowest BCUT2D eigenvalue weighted by Gasteiger charge is -2.11. The van der Waals surface area contributed by atoms with Crippen LogP contribution in [0.25, 0.3) is 0 Å². The molecule has 4 nitrogen and oxygen atoms in total. The van der Waals surface area contributed by atoms with E-state index in [1.165, 1.54) is 6.92 Å². The van der Waals surface area contributed by atoms with E-state index in [0.29, 0.717) is 30.9 Å². The Balaban J connectivity index is 2.51. The lowest BCUT2D eigenvalue weighted by molar-refractivity contribution is -0.117. The van der Waals surface area contributed by atoms with E-state index in [0.717, 1.165) is 0 Å². The summed E-state index contributed by atoms with van der Waals surface area (Å²) in [4.78, 5) is 21.7. The summed E-state index contributed by atoms with van der Waals surface area (Å²) in [6.45, 7) is 3.48. The van der Waals surface area contributed by atoms with Crippen LogP contribution in [0.3, 0.4) is 0 Å². The van der Waals surface area contributed by atoms with Gasteiger partial charge in [-0.15, -0.1) is 0 Å². The molecule has 1 N–H and O–H groups in total. The van der Waals surface area contributed by atoms with Gasteiger partial charge in [0.15, 0.2) is 0 Å². The van der Waals surface area contributed by atoms with E-state index in [1.54, 1.807) is 19.1 Å². The molecular weight excluding hydrogens is 218 g/mol. The average molecular weight is 235 g/mol. The van der Waals surface area contributed by atoms with Crippen molar-refractivity contribution in [2.45, 2.75) is 26.7 Å². The zero-order valence-electron chi connectivity index (χ0n) is 10.2. The van der Waals surface area contributed by atoms with E-state index in [-0.39, 0.29) is 11.7 Å². The highest BCUT2D eigenvalue weighted by Crippen LogP contribution is 2.23. The van der Waals surface area contributed by atoms with Gasteiger partial charge in [-0.3, -0.25) is 4.79 Å². The number of rotatable bonds is 6. The van der Waals surface area contributed by atoms with Gasteiger partial charge in [0.2, 0.25) is 5.91 Å². The largest absolute Gasteiger partial charge is 0.491 e. The summed E-state index contributed by atoms with van der Waals surface area (Å²) < 4.78 is 5.52. The fraction of sp³-hybridized carbons (Fsp3) is 0.385. The molecule has 0 aliphatic rings. The number of ether oxygens (including phenoxy) is 1. The van der Waals surface area contributed by atoms with Gasteiger partial charge in [0.25, 0.3) is 0 Å². The first kappa shape index (κ1) is 13.2. The second kappa shape index (κ2) is 6.68. The highest BCUT2D eigenvalue weighted by Gasteiger charge is 2.04. The Labute approximate surface area is 101 Å². The minimum atomic E-state index is -0.134. The van der Waals surface area contributed by atoms with Crippen molar-refractivity contribution in [2.75, 3.05) is 11.9 Å². The summed E-state index contributed by atoms with van der Waals surface area (Å²) in [5, 5.41) is 2.69. The quantitative estimate of drug-likeness (QED) is 0.770. The summed E-state index contributed by atoms with van der Waals surface area (Å²) >= 11 is 0. The molecule has 0 unspecified atom stereocenters. The maximum atomic E-state index is 11.0. The van der Waals surface area contributed by atoms with Crippen LogP contribution in [-0.4, -0.2) is 18.3 Å². The molecule has 1 aromatic rings. The first-order valence-corrected chi connectivity index (χ1v) is 5.58. The van der Waals surface area contributed by atoms with Crippen LogP contribution < -0.4 is 10.1 Å². The Kier molecular flexibility index (Phi) is 5.20. The number of hydrogen-bond donors (Lipinski definition) is 1. The van der Waals surface area contributed by atoms with Crippen molar-refractivity contribution in [2.24, 2.45) is 0 Å². The molecule has 0 fully saturated rings. The molecule has 4 heteroatoms. The normalized spacial score (nSPS) is 9.76. The second-order valence-electron chi connectivity index (χ2n) is 3.83. The van der Waals surface area contributed by atoms with Gasteiger partial charge >= 0.3 is 0 Å². The molecule has 0 aliphatic carbocycles. The summed E-state index contributed by atoms with van der Waals surface area (Å²) in [6, 6.07) is 7.24. The zero-order valence-corrected chi connectivity index (χ0v) is 10.2. The van der Waals surface area contributed by atoms with E-state index in [4.69, 9.17) is 4.74 Å². The highest BCUT2D eigenvalue weighted by molar-refractivity contribution is 5.90. The van der Waals surface area contributed by atoms with Gasteiger partial charge in [-0.1, -0.05) is 12.1 Å². The molecule has 0 radical (unpaired) electrons. The third kappa shape index (κ3) is 5.15. The fourth-order valence-corrected chi connectivity index (χ4v) is 1.39. The molecule has 0 aliphatic heterocycles. The van der Waals surface area contributed by atoms with Gasteiger partial charge in [-0.25, -0.2) is 0 Å². The van der Waals surface area contributed by atoms with Crippen molar-refractivity contribution in [3.05, 3.63) is 24.3 Å². The number of amides is 1. The first-order valence-electron chi connectivity index (χ1n) is 5.58. The predicted molar refractivity (Wildman–Crippen MR) is 66.2 cm³/mol. The Hall–Kier alpha value is -1.84. The van der Waals surface area contributed by atoms with Crippen LogP contribution in [0.2, 0.25) is 0 Å². The standard InChI is InChI=1S/C13H17NO3/c1-10(15)6-5-9-17-13-8-4-3-7-12(13)14-11(2)16/h3-4,7-8H,5-6,9H2,1-2H3,(H,14,16). The third-order valence-electron chi connectivity index (χ3n) is 2.13. The van der Waals surface area contributed by atoms with Crippen molar-refractivity contribution in [1.82, 2.24) is 0 Å². The number of nitrogens with one attached hydrogen (secondary N) is 1. The van der Waals surface area contributed by atoms with Crippen LogP contribution in [0.15, 0.2) is 24.3 Å². The maximum Gasteiger partial charge on any atom is 0.221 e. The molecule has 0 aromatic heterocycles. The van der Waals surface area contributed by atoms with Crippen LogP contribution in [0.1, 0.15) is 26.7 Å². The van der Waals surface area contributed by atoms with Crippen LogP contribution in [-0.2, 0) is 9.59 Å². The SMILES string of the molecule is CC(=O)CCCOc1ccccc1NC(C)=O. The molecule has 0 saturated carbocycles. The number of ketones is 1. The van der Waals surface area contributed by atoms with Gasteiger partial charge < -0.3 is 14.8 Å². The lowest BCUT2D eigenvalue weighted by Crippen LogP contribution is -2.08. The predicted octanol–water partition coefficient (Wildman–Crippen LogP) is 2.39.